The summed E-state index contributed by atoms with van der Waals surface area (Å²) < 4.78 is 14.0. The van der Waals surface area contributed by atoms with Gasteiger partial charge in [-0.1, -0.05) is 0 Å². The highest BCUT2D eigenvalue weighted by molar-refractivity contribution is 8.00. The van der Waals surface area contributed by atoms with Crippen LogP contribution >= 0.6 is 11.8 Å². The molecule has 0 spiro atoms. The number of halogens is 1. The SMILES string of the molecule is Cc1cc(N2CCSC(C)(C)C2)c([C@@H](C)N)cc1F. The van der Waals surface area contributed by atoms with E-state index in [-0.39, 0.29) is 16.6 Å². The molecule has 19 heavy (non-hydrogen) atoms. The van der Waals surface area contributed by atoms with Gasteiger partial charge in [0.25, 0.3) is 0 Å². The Balaban J connectivity index is 2.40. The molecule has 0 saturated carbocycles. The van der Waals surface area contributed by atoms with Gasteiger partial charge in [0.05, 0.1) is 0 Å². The standard InChI is InChI=1S/C15H23FN2S/c1-10-7-14(12(11(2)17)8-13(10)16)18-5-6-19-15(3,4)9-18/h7-8,11H,5-6,9,17H2,1-4H3/t11-/m1/s1. The number of hydrogen-bond donors (Lipinski definition) is 1. The number of thioether (sulfide) groups is 1. The third-order valence-corrected chi connectivity index (χ3v) is 4.86. The first-order valence-electron chi connectivity index (χ1n) is 6.75. The molecular weight excluding hydrogens is 259 g/mol. The molecule has 1 aliphatic rings. The lowest BCUT2D eigenvalue weighted by molar-refractivity contribution is 0.608. The largest absolute Gasteiger partial charge is 0.369 e. The Hall–Kier alpha value is -0.740. The van der Waals surface area contributed by atoms with Gasteiger partial charge in [0.1, 0.15) is 5.82 Å². The lowest BCUT2D eigenvalue weighted by Crippen LogP contribution is -2.43. The summed E-state index contributed by atoms with van der Waals surface area (Å²) in [5.74, 6) is 0.934. The van der Waals surface area contributed by atoms with Crippen molar-refractivity contribution >= 4 is 17.4 Å². The lowest BCUT2D eigenvalue weighted by Gasteiger charge is -2.40. The molecular formula is C15H23FN2S. The molecule has 4 heteroatoms. The predicted molar refractivity (Wildman–Crippen MR) is 82.5 cm³/mol. The van der Waals surface area contributed by atoms with Crippen molar-refractivity contribution in [3.63, 3.8) is 0 Å². The fourth-order valence-corrected chi connectivity index (χ4v) is 3.65. The van der Waals surface area contributed by atoms with Gasteiger partial charge in [0, 0.05) is 35.3 Å². The van der Waals surface area contributed by atoms with E-state index in [1.165, 1.54) is 0 Å². The average molecular weight is 282 g/mol. The Morgan fingerprint density at radius 3 is 2.68 bits per heavy atom. The van der Waals surface area contributed by atoms with Gasteiger partial charge in [-0.25, -0.2) is 4.39 Å². The fraction of sp³-hybridized carbons (Fsp3) is 0.600. The molecule has 2 rings (SSSR count). The molecule has 2 N–H and O–H groups in total. The van der Waals surface area contributed by atoms with Crippen molar-refractivity contribution < 1.29 is 4.39 Å². The van der Waals surface area contributed by atoms with Gasteiger partial charge in [-0.3, -0.25) is 0 Å². The Kier molecular flexibility index (Phi) is 4.11. The molecule has 1 fully saturated rings. The van der Waals surface area contributed by atoms with E-state index in [9.17, 15) is 4.39 Å². The molecule has 1 atom stereocenters. The zero-order valence-corrected chi connectivity index (χ0v) is 13.0. The van der Waals surface area contributed by atoms with Crippen molar-refractivity contribution in [1.82, 2.24) is 0 Å². The quantitative estimate of drug-likeness (QED) is 0.900. The van der Waals surface area contributed by atoms with Gasteiger partial charge in [-0.05, 0) is 51.0 Å². The van der Waals surface area contributed by atoms with E-state index in [0.29, 0.717) is 5.56 Å². The molecule has 0 bridgehead atoms. The smallest absolute Gasteiger partial charge is 0.126 e. The van der Waals surface area contributed by atoms with E-state index >= 15 is 0 Å². The van der Waals surface area contributed by atoms with Crippen LogP contribution < -0.4 is 10.6 Å². The highest BCUT2D eigenvalue weighted by Crippen LogP contribution is 2.35. The molecule has 1 aromatic carbocycles. The number of nitrogens with two attached hydrogens (primary N) is 1. The third kappa shape index (κ3) is 3.23. The molecule has 1 aromatic rings. The number of anilines is 1. The van der Waals surface area contributed by atoms with E-state index in [4.69, 9.17) is 5.73 Å². The van der Waals surface area contributed by atoms with Crippen LogP contribution in [0.3, 0.4) is 0 Å². The van der Waals surface area contributed by atoms with Crippen LogP contribution in [0.25, 0.3) is 0 Å². The van der Waals surface area contributed by atoms with Crippen LogP contribution in [0.2, 0.25) is 0 Å². The Bertz CT molecular complexity index is 471. The monoisotopic (exact) mass is 282 g/mol. The summed E-state index contributed by atoms with van der Waals surface area (Å²) >= 11 is 1.99. The van der Waals surface area contributed by atoms with E-state index in [2.05, 4.69) is 18.7 Å². The molecule has 0 radical (unpaired) electrons. The topological polar surface area (TPSA) is 29.3 Å². The van der Waals surface area contributed by atoms with Gasteiger partial charge >= 0.3 is 0 Å². The number of hydrogen-bond acceptors (Lipinski definition) is 3. The van der Waals surface area contributed by atoms with Crippen LogP contribution in [-0.4, -0.2) is 23.6 Å². The van der Waals surface area contributed by atoms with Gasteiger partial charge in [0.2, 0.25) is 0 Å². The van der Waals surface area contributed by atoms with E-state index in [1.807, 2.05) is 31.7 Å². The maximum Gasteiger partial charge on any atom is 0.126 e. The normalized spacial score (nSPS) is 20.4. The van der Waals surface area contributed by atoms with Crippen molar-refractivity contribution in [3.05, 3.63) is 29.1 Å². The molecule has 2 nitrogen and oxygen atoms in total. The van der Waals surface area contributed by atoms with Crippen LogP contribution in [0.15, 0.2) is 12.1 Å². The lowest BCUT2D eigenvalue weighted by atomic mass is 10.0. The maximum absolute atomic E-state index is 13.8. The van der Waals surface area contributed by atoms with Crippen LogP contribution in [0.1, 0.15) is 37.9 Å². The van der Waals surface area contributed by atoms with Crippen LogP contribution in [0.5, 0.6) is 0 Å². The second kappa shape index (κ2) is 5.33. The summed E-state index contributed by atoms with van der Waals surface area (Å²) in [6.45, 7) is 10.2. The third-order valence-electron chi connectivity index (χ3n) is 3.56. The van der Waals surface area contributed by atoms with E-state index in [1.54, 1.807) is 6.07 Å². The van der Waals surface area contributed by atoms with Crippen molar-refractivity contribution in [2.75, 3.05) is 23.7 Å². The van der Waals surface area contributed by atoms with Gasteiger partial charge in [0.15, 0.2) is 0 Å². The first kappa shape index (κ1) is 14.7. The molecule has 1 aliphatic heterocycles. The average Bonchev–Trinajstić information content (AvgIpc) is 2.30. The van der Waals surface area contributed by atoms with Crippen LogP contribution in [-0.2, 0) is 0 Å². The maximum atomic E-state index is 13.8. The van der Waals surface area contributed by atoms with Crippen molar-refractivity contribution in [1.29, 1.82) is 0 Å². The summed E-state index contributed by atoms with van der Waals surface area (Å²) in [7, 11) is 0. The van der Waals surface area contributed by atoms with E-state index < -0.39 is 0 Å². The molecule has 0 amide bonds. The zero-order chi connectivity index (χ0) is 14.2. The Morgan fingerprint density at radius 1 is 1.42 bits per heavy atom. The minimum atomic E-state index is -0.165. The van der Waals surface area contributed by atoms with Crippen molar-refractivity contribution in [3.8, 4) is 0 Å². The summed E-state index contributed by atoms with van der Waals surface area (Å²) in [6.07, 6.45) is 0. The van der Waals surface area contributed by atoms with Crippen molar-refractivity contribution in [2.45, 2.75) is 38.5 Å². The minimum Gasteiger partial charge on any atom is -0.369 e. The summed E-state index contributed by atoms with van der Waals surface area (Å²) in [5.41, 5.74) is 8.71. The second-order valence-corrected chi connectivity index (χ2v) is 7.78. The summed E-state index contributed by atoms with van der Waals surface area (Å²) in [5, 5.41) is 0. The summed E-state index contributed by atoms with van der Waals surface area (Å²) in [4.78, 5) is 2.35. The number of nitrogens with zero attached hydrogens (tertiary/aromatic N) is 1. The Labute approximate surface area is 119 Å². The molecule has 106 valence electrons. The van der Waals surface area contributed by atoms with Crippen LogP contribution in [0, 0.1) is 12.7 Å². The first-order valence-corrected chi connectivity index (χ1v) is 7.73. The minimum absolute atomic E-state index is 0.150. The highest BCUT2D eigenvalue weighted by Gasteiger charge is 2.28. The van der Waals surface area contributed by atoms with Crippen LogP contribution in [0.4, 0.5) is 10.1 Å². The molecule has 1 saturated heterocycles. The van der Waals surface area contributed by atoms with Crippen molar-refractivity contribution in [2.24, 2.45) is 5.73 Å². The number of rotatable bonds is 2. The molecule has 1 heterocycles. The van der Waals surface area contributed by atoms with Gasteiger partial charge in [-0.2, -0.15) is 11.8 Å². The number of benzene rings is 1. The van der Waals surface area contributed by atoms with E-state index in [0.717, 1.165) is 30.1 Å². The first-order chi connectivity index (χ1) is 8.80. The molecule has 0 unspecified atom stereocenters. The predicted octanol–water partition coefficient (Wildman–Crippen LogP) is 3.49. The fourth-order valence-electron chi connectivity index (χ4n) is 2.54. The summed E-state index contributed by atoms with van der Waals surface area (Å²) in [6, 6.07) is 3.40. The molecule has 0 aliphatic carbocycles. The van der Waals surface area contributed by atoms with Gasteiger partial charge in [-0.15, -0.1) is 0 Å². The Morgan fingerprint density at radius 2 is 2.11 bits per heavy atom. The highest BCUT2D eigenvalue weighted by atomic mass is 32.2. The zero-order valence-electron chi connectivity index (χ0n) is 12.2. The molecule has 0 aromatic heterocycles. The van der Waals surface area contributed by atoms with Gasteiger partial charge < -0.3 is 10.6 Å². The number of aryl methyl sites for hydroxylation is 1. The second-order valence-electron chi connectivity index (χ2n) is 5.98.